The molecule has 1 N–H and O–H groups in total. The van der Waals surface area contributed by atoms with E-state index in [0.717, 1.165) is 13.2 Å². The van der Waals surface area contributed by atoms with E-state index in [1.54, 1.807) is 0 Å². The minimum atomic E-state index is -2.37. The molecule has 1 atom stereocenters. The third-order valence-electron chi connectivity index (χ3n) is 1.84. The van der Waals surface area contributed by atoms with E-state index in [0.29, 0.717) is 4.47 Å². The second-order valence-electron chi connectivity index (χ2n) is 2.88. The molecule has 0 fully saturated rings. The van der Waals surface area contributed by atoms with Gasteiger partial charge >= 0.3 is 5.97 Å². The number of carbonyl (C=O) groups is 1. The van der Waals surface area contributed by atoms with Crippen LogP contribution in [0, 0.1) is 5.82 Å². The zero-order chi connectivity index (χ0) is 11.6. The van der Waals surface area contributed by atoms with Crippen LogP contribution in [0.5, 0.6) is 0 Å². The molecule has 1 aromatic carbocycles. The predicted molar refractivity (Wildman–Crippen MR) is 55.8 cm³/mol. The fourth-order valence-electron chi connectivity index (χ4n) is 1.06. The molecular weight excluding hydrogens is 266 g/mol. The van der Waals surface area contributed by atoms with Crippen molar-refractivity contribution in [3.05, 3.63) is 34.1 Å². The molecule has 3 nitrogen and oxygen atoms in total. The lowest BCUT2D eigenvalue weighted by molar-refractivity contribution is -0.154. The average molecular weight is 273 g/mol. The van der Waals surface area contributed by atoms with Crippen molar-refractivity contribution >= 4 is 29.7 Å². The van der Waals surface area contributed by atoms with E-state index in [4.69, 9.17) is 7.85 Å². The first-order chi connectivity index (χ1) is 6.89. The number of halogens is 2. The summed E-state index contributed by atoms with van der Waals surface area (Å²) in [5.41, 5.74) is -2.45. The van der Waals surface area contributed by atoms with Crippen LogP contribution in [0.15, 0.2) is 22.7 Å². The van der Waals surface area contributed by atoms with Crippen molar-refractivity contribution in [1.82, 2.24) is 0 Å². The van der Waals surface area contributed by atoms with Gasteiger partial charge in [-0.2, -0.15) is 0 Å². The summed E-state index contributed by atoms with van der Waals surface area (Å²) in [6.45, 7) is 0. The molecule has 78 valence electrons. The molecular formula is C9H7BBrFO3. The highest BCUT2D eigenvalue weighted by molar-refractivity contribution is 9.10. The smallest absolute Gasteiger partial charge is 0.332 e. The summed E-state index contributed by atoms with van der Waals surface area (Å²) in [7, 11) is 6.42. The van der Waals surface area contributed by atoms with Crippen LogP contribution in [0.2, 0.25) is 0 Å². The molecule has 1 unspecified atom stereocenters. The molecule has 15 heavy (non-hydrogen) atoms. The Hall–Kier alpha value is -0.875. The second kappa shape index (κ2) is 4.32. The Kier molecular flexibility index (Phi) is 3.52. The highest BCUT2D eigenvalue weighted by Crippen LogP contribution is 2.27. The lowest BCUT2D eigenvalue weighted by atomic mass is 9.76. The average Bonchev–Trinajstić information content (AvgIpc) is 2.20. The summed E-state index contributed by atoms with van der Waals surface area (Å²) in [6, 6.07) is 3.47. The Bertz CT molecular complexity index is 395. The molecule has 0 amide bonds. The van der Waals surface area contributed by atoms with Crippen molar-refractivity contribution in [2.24, 2.45) is 0 Å². The predicted octanol–water partition coefficient (Wildman–Crippen LogP) is 1.07. The van der Waals surface area contributed by atoms with Crippen molar-refractivity contribution in [3.8, 4) is 0 Å². The summed E-state index contributed by atoms with van der Waals surface area (Å²) in [5.74, 6) is -1.67. The molecule has 0 aliphatic heterocycles. The van der Waals surface area contributed by atoms with Crippen LogP contribution >= 0.6 is 15.9 Å². The second-order valence-corrected chi connectivity index (χ2v) is 3.74. The number of esters is 1. The molecule has 1 rings (SSSR count). The summed E-state index contributed by atoms with van der Waals surface area (Å²) < 4.78 is 17.5. The van der Waals surface area contributed by atoms with Crippen LogP contribution in [0.3, 0.4) is 0 Å². The van der Waals surface area contributed by atoms with Crippen molar-refractivity contribution in [1.29, 1.82) is 0 Å². The van der Waals surface area contributed by atoms with Crippen molar-refractivity contribution < 1.29 is 19.0 Å². The molecule has 6 heteroatoms. The third-order valence-corrected chi connectivity index (χ3v) is 2.53. The minimum Gasteiger partial charge on any atom is -0.467 e. The fourth-order valence-corrected chi connectivity index (χ4v) is 1.60. The maximum atomic E-state index is 12.9. The van der Waals surface area contributed by atoms with Gasteiger partial charge in [0.25, 0.3) is 0 Å². The number of rotatable bonds is 2. The van der Waals surface area contributed by atoms with E-state index in [9.17, 15) is 14.3 Å². The first-order valence-electron chi connectivity index (χ1n) is 3.94. The summed E-state index contributed by atoms with van der Waals surface area (Å²) in [6.07, 6.45) is 0. The normalized spacial score (nSPS) is 14.4. The fraction of sp³-hybridized carbons (Fsp3) is 0.222. The van der Waals surface area contributed by atoms with Gasteiger partial charge in [0.2, 0.25) is 0 Å². The van der Waals surface area contributed by atoms with Crippen molar-refractivity contribution in [2.45, 2.75) is 5.50 Å². The summed E-state index contributed by atoms with van der Waals surface area (Å²) in [5, 5.41) is 9.67. The summed E-state index contributed by atoms with van der Waals surface area (Å²) in [4.78, 5) is 11.2. The first-order valence-corrected chi connectivity index (χ1v) is 4.74. The van der Waals surface area contributed by atoms with Crippen LogP contribution in [0.4, 0.5) is 4.39 Å². The Morgan fingerprint density at radius 3 is 2.80 bits per heavy atom. The monoisotopic (exact) mass is 272 g/mol. The highest BCUT2D eigenvalue weighted by Gasteiger charge is 2.34. The quantitative estimate of drug-likeness (QED) is 0.647. The van der Waals surface area contributed by atoms with Crippen molar-refractivity contribution in [3.63, 3.8) is 0 Å². The van der Waals surface area contributed by atoms with Gasteiger partial charge in [0.05, 0.1) is 7.11 Å². The Balaban J connectivity index is 3.25. The number of carbonyl (C=O) groups excluding carboxylic acids is 1. The maximum absolute atomic E-state index is 12.9. The zero-order valence-corrected chi connectivity index (χ0v) is 9.42. The number of ether oxygens (including phenoxy) is 1. The van der Waals surface area contributed by atoms with Gasteiger partial charge in [-0.3, -0.25) is 0 Å². The van der Waals surface area contributed by atoms with E-state index >= 15 is 0 Å². The molecule has 0 heterocycles. The van der Waals surface area contributed by atoms with E-state index in [1.165, 1.54) is 12.1 Å². The molecule has 0 aliphatic carbocycles. The van der Waals surface area contributed by atoms with Crippen LogP contribution in [0.1, 0.15) is 5.56 Å². The number of hydrogen-bond donors (Lipinski definition) is 1. The van der Waals surface area contributed by atoms with E-state index in [-0.39, 0.29) is 5.56 Å². The molecule has 0 aliphatic rings. The van der Waals surface area contributed by atoms with Gasteiger partial charge in [0, 0.05) is 10.0 Å². The SMILES string of the molecule is [B]C(O)(C(=O)OC)c1cc(F)ccc1Br. The number of methoxy groups -OCH3 is 1. The largest absolute Gasteiger partial charge is 0.467 e. The van der Waals surface area contributed by atoms with Gasteiger partial charge in [0.15, 0.2) is 0 Å². The molecule has 0 saturated carbocycles. The van der Waals surface area contributed by atoms with E-state index < -0.39 is 17.3 Å². The molecule has 0 bridgehead atoms. The molecule has 0 saturated heterocycles. The highest BCUT2D eigenvalue weighted by atomic mass is 79.9. The lowest BCUT2D eigenvalue weighted by Gasteiger charge is -2.22. The zero-order valence-electron chi connectivity index (χ0n) is 7.83. The van der Waals surface area contributed by atoms with Crippen molar-refractivity contribution in [2.75, 3.05) is 7.11 Å². The van der Waals surface area contributed by atoms with Gasteiger partial charge < -0.3 is 9.84 Å². The molecule has 2 radical (unpaired) electrons. The summed E-state index contributed by atoms with van der Waals surface area (Å²) >= 11 is 3.05. The number of aliphatic hydroxyl groups is 1. The standard InChI is InChI=1S/C9H7BBrFO3/c1-15-8(13)9(10,14)6-4-5(12)2-3-7(6)11/h2-4,14H,1H3. The van der Waals surface area contributed by atoms with Gasteiger partial charge in [-0.05, 0) is 18.2 Å². The topological polar surface area (TPSA) is 46.5 Å². The minimum absolute atomic E-state index is 0.0886. The number of benzene rings is 1. The van der Waals surface area contributed by atoms with Crippen LogP contribution in [-0.2, 0) is 15.0 Å². The Morgan fingerprint density at radius 2 is 2.27 bits per heavy atom. The van der Waals surface area contributed by atoms with Gasteiger partial charge in [0.1, 0.15) is 19.2 Å². The van der Waals surface area contributed by atoms with Gasteiger partial charge in [-0.1, -0.05) is 15.9 Å². The maximum Gasteiger partial charge on any atom is 0.332 e. The Labute approximate surface area is 95.8 Å². The van der Waals surface area contributed by atoms with Crippen LogP contribution in [-0.4, -0.2) is 26.0 Å². The lowest BCUT2D eigenvalue weighted by Crippen LogP contribution is -2.37. The van der Waals surface area contributed by atoms with E-state index in [1.807, 2.05) is 0 Å². The van der Waals surface area contributed by atoms with Gasteiger partial charge in [-0.25, -0.2) is 9.18 Å². The van der Waals surface area contributed by atoms with Crippen LogP contribution in [0.25, 0.3) is 0 Å². The number of hydrogen-bond acceptors (Lipinski definition) is 3. The molecule has 0 aromatic heterocycles. The molecule has 1 aromatic rings. The Morgan fingerprint density at radius 1 is 1.67 bits per heavy atom. The molecule has 0 spiro atoms. The van der Waals surface area contributed by atoms with E-state index in [2.05, 4.69) is 20.7 Å². The first kappa shape index (κ1) is 12.2. The third kappa shape index (κ3) is 2.38. The van der Waals surface area contributed by atoms with Crippen LogP contribution < -0.4 is 0 Å². The van der Waals surface area contributed by atoms with Gasteiger partial charge in [-0.15, -0.1) is 0 Å².